The van der Waals surface area contributed by atoms with Gasteiger partial charge in [-0.15, -0.1) is 24.8 Å². The highest BCUT2D eigenvalue weighted by atomic mass is 35.5. The lowest BCUT2D eigenvalue weighted by Gasteiger charge is -2.39. The van der Waals surface area contributed by atoms with Gasteiger partial charge in [0.2, 0.25) is 5.91 Å². The number of nitrogens with one attached hydrogen (secondary N) is 1. The van der Waals surface area contributed by atoms with Crippen LogP contribution in [0.5, 0.6) is 0 Å². The smallest absolute Gasteiger partial charge is 0.239 e. The molecule has 148 valence electrons. The van der Waals surface area contributed by atoms with Gasteiger partial charge in [0, 0.05) is 24.2 Å². The Bertz CT molecular complexity index is 801. The molecule has 2 aliphatic rings. The molecule has 27 heavy (non-hydrogen) atoms. The van der Waals surface area contributed by atoms with Gasteiger partial charge in [0.15, 0.2) is 0 Å². The van der Waals surface area contributed by atoms with Crippen LogP contribution < -0.4 is 5.32 Å². The van der Waals surface area contributed by atoms with Gasteiger partial charge in [0.05, 0.1) is 17.2 Å². The molecule has 1 aromatic carbocycles. The molecule has 4 rings (SSSR count). The van der Waals surface area contributed by atoms with Crippen LogP contribution in [-0.2, 0) is 10.4 Å². The number of aromatic nitrogens is 1. The summed E-state index contributed by atoms with van der Waals surface area (Å²) < 4.78 is 0. The summed E-state index contributed by atoms with van der Waals surface area (Å²) in [5.41, 5.74) is 2.01. The molecule has 2 N–H and O–H groups in total. The van der Waals surface area contributed by atoms with Crippen molar-refractivity contribution in [1.82, 2.24) is 15.2 Å². The van der Waals surface area contributed by atoms with Gasteiger partial charge in [0.1, 0.15) is 0 Å². The third-order valence-electron chi connectivity index (χ3n) is 5.63. The molecule has 1 amide bonds. The topological polar surface area (TPSA) is 65.5 Å². The average Bonchev–Trinajstić information content (AvgIpc) is 3.16. The summed E-state index contributed by atoms with van der Waals surface area (Å²) >= 11 is 0. The predicted molar refractivity (Wildman–Crippen MR) is 112 cm³/mol. The molecule has 0 radical (unpaired) electrons. The highest BCUT2D eigenvalue weighted by Crippen LogP contribution is 2.34. The Kier molecular flexibility index (Phi) is 7.09. The molecule has 3 heterocycles. The van der Waals surface area contributed by atoms with E-state index in [4.69, 9.17) is 0 Å². The van der Waals surface area contributed by atoms with Gasteiger partial charge in [0.25, 0.3) is 0 Å². The van der Waals surface area contributed by atoms with E-state index in [1.54, 1.807) is 0 Å². The van der Waals surface area contributed by atoms with Gasteiger partial charge in [-0.25, -0.2) is 0 Å². The van der Waals surface area contributed by atoms with E-state index in [0.29, 0.717) is 25.9 Å². The first-order chi connectivity index (χ1) is 12.0. The van der Waals surface area contributed by atoms with Crippen LogP contribution in [0.25, 0.3) is 10.9 Å². The van der Waals surface area contributed by atoms with Crippen LogP contribution in [0.2, 0.25) is 0 Å². The van der Waals surface area contributed by atoms with Gasteiger partial charge < -0.3 is 15.3 Å². The number of carbonyl (C=O) groups is 1. The molecule has 5 nitrogen and oxygen atoms in total. The molecule has 0 spiro atoms. The maximum atomic E-state index is 12.5. The van der Waals surface area contributed by atoms with E-state index >= 15 is 0 Å². The fraction of sp³-hybridized carbons (Fsp3) is 0.500. The third kappa shape index (κ3) is 4.37. The molecule has 1 aromatic heterocycles. The minimum Gasteiger partial charge on any atom is -0.385 e. The molecule has 1 atom stereocenters. The van der Waals surface area contributed by atoms with E-state index in [2.05, 4.69) is 16.4 Å². The second-order valence-corrected chi connectivity index (χ2v) is 7.37. The Labute approximate surface area is 172 Å². The quantitative estimate of drug-likeness (QED) is 0.796. The number of carbonyl (C=O) groups excluding carboxylic acids is 1. The highest BCUT2D eigenvalue weighted by Gasteiger charge is 2.37. The molecule has 2 fully saturated rings. The molecule has 2 saturated heterocycles. The molecule has 2 aliphatic heterocycles. The van der Waals surface area contributed by atoms with Crippen molar-refractivity contribution in [2.24, 2.45) is 0 Å². The standard InChI is InChI=1S/C20H25N3O2.2ClH/c1-14-4-5-15-13-16(6-7-17(15)22-14)20(25)8-11-23(12-9-20)19(24)18-3-2-10-21-18;;/h4-7,13,18,21,25H,2-3,8-12H2,1H3;2*1H/t18-;;/m1../s1. The SMILES string of the molecule is Cc1ccc2cc(C3(O)CCN(C(=O)[C@H]4CCCN4)CC3)ccc2n1.Cl.Cl. The number of halogens is 2. The monoisotopic (exact) mass is 411 g/mol. The summed E-state index contributed by atoms with van der Waals surface area (Å²) in [6.45, 7) is 4.13. The van der Waals surface area contributed by atoms with E-state index in [1.165, 1.54) is 0 Å². The van der Waals surface area contributed by atoms with E-state index in [0.717, 1.165) is 41.5 Å². The summed E-state index contributed by atoms with van der Waals surface area (Å²) in [5.74, 6) is 0.192. The first-order valence-corrected chi connectivity index (χ1v) is 9.18. The second kappa shape index (κ2) is 8.74. The van der Waals surface area contributed by atoms with Gasteiger partial charge in [-0.2, -0.15) is 0 Å². The van der Waals surface area contributed by atoms with Crippen molar-refractivity contribution in [2.75, 3.05) is 19.6 Å². The van der Waals surface area contributed by atoms with E-state index < -0.39 is 5.60 Å². The maximum Gasteiger partial charge on any atom is 0.239 e. The molecule has 0 aliphatic carbocycles. The molecular formula is C20H27Cl2N3O2. The molecule has 0 bridgehead atoms. The van der Waals surface area contributed by atoms with Crippen molar-refractivity contribution >= 4 is 41.6 Å². The van der Waals surface area contributed by atoms with Crippen LogP contribution >= 0.6 is 24.8 Å². The zero-order chi connectivity index (χ0) is 17.4. The number of benzene rings is 1. The van der Waals surface area contributed by atoms with Crippen molar-refractivity contribution < 1.29 is 9.90 Å². The van der Waals surface area contributed by atoms with Crippen molar-refractivity contribution in [3.8, 4) is 0 Å². The highest BCUT2D eigenvalue weighted by molar-refractivity contribution is 5.85. The zero-order valence-electron chi connectivity index (χ0n) is 15.5. The molecule has 0 unspecified atom stereocenters. The van der Waals surface area contributed by atoms with Crippen LogP contribution in [0, 0.1) is 6.92 Å². The van der Waals surface area contributed by atoms with Crippen molar-refractivity contribution in [3.05, 3.63) is 41.6 Å². The Hall–Kier alpha value is -1.40. The Morgan fingerprint density at radius 3 is 2.63 bits per heavy atom. The van der Waals surface area contributed by atoms with Crippen LogP contribution in [0.1, 0.15) is 36.9 Å². The first-order valence-electron chi connectivity index (χ1n) is 9.18. The minimum absolute atomic E-state index is 0. The molecule has 0 saturated carbocycles. The van der Waals surface area contributed by atoms with Crippen LogP contribution in [0.3, 0.4) is 0 Å². The average molecular weight is 412 g/mol. The lowest BCUT2D eigenvalue weighted by atomic mass is 9.83. The fourth-order valence-electron chi connectivity index (χ4n) is 4.02. The number of piperidine rings is 1. The summed E-state index contributed by atoms with van der Waals surface area (Å²) in [7, 11) is 0. The fourth-order valence-corrected chi connectivity index (χ4v) is 4.02. The number of hydrogen-bond donors (Lipinski definition) is 2. The molecule has 7 heteroatoms. The lowest BCUT2D eigenvalue weighted by molar-refractivity contribution is -0.137. The largest absolute Gasteiger partial charge is 0.385 e. The minimum atomic E-state index is -0.862. The maximum absolute atomic E-state index is 12.5. The number of fused-ring (bicyclic) bond motifs is 1. The number of pyridine rings is 1. The van der Waals surface area contributed by atoms with Crippen molar-refractivity contribution in [2.45, 2.75) is 44.2 Å². The van der Waals surface area contributed by atoms with Crippen LogP contribution in [-0.4, -0.2) is 46.6 Å². The Morgan fingerprint density at radius 2 is 1.96 bits per heavy atom. The van der Waals surface area contributed by atoms with E-state index in [-0.39, 0.29) is 36.8 Å². The van der Waals surface area contributed by atoms with E-state index in [9.17, 15) is 9.90 Å². The molecule has 2 aromatic rings. The first kappa shape index (κ1) is 21.9. The van der Waals surface area contributed by atoms with Gasteiger partial charge in [-0.1, -0.05) is 12.1 Å². The number of rotatable bonds is 2. The van der Waals surface area contributed by atoms with Gasteiger partial charge in [-0.05, 0) is 62.9 Å². The summed E-state index contributed by atoms with van der Waals surface area (Å²) in [6, 6.07) is 10.0. The van der Waals surface area contributed by atoms with Crippen molar-refractivity contribution in [1.29, 1.82) is 0 Å². The second-order valence-electron chi connectivity index (χ2n) is 7.37. The number of hydrogen-bond acceptors (Lipinski definition) is 4. The Morgan fingerprint density at radius 1 is 1.22 bits per heavy atom. The van der Waals surface area contributed by atoms with Crippen LogP contribution in [0.4, 0.5) is 0 Å². The normalized spacial score (nSPS) is 21.4. The predicted octanol–water partition coefficient (Wildman–Crippen LogP) is 2.95. The van der Waals surface area contributed by atoms with E-state index in [1.807, 2.05) is 36.1 Å². The number of amides is 1. The van der Waals surface area contributed by atoms with Gasteiger partial charge >= 0.3 is 0 Å². The molecular weight excluding hydrogens is 385 g/mol. The zero-order valence-corrected chi connectivity index (χ0v) is 17.1. The summed E-state index contributed by atoms with van der Waals surface area (Å²) in [6.07, 6.45) is 3.15. The van der Waals surface area contributed by atoms with Crippen molar-refractivity contribution in [3.63, 3.8) is 0 Å². The Balaban J connectivity index is 0.00000131. The number of aryl methyl sites for hydroxylation is 1. The lowest BCUT2D eigenvalue weighted by Crippen LogP contribution is -2.50. The third-order valence-corrected chi connectivity index (χ3v) is 5.63. The van der Waals surface area contributed by atoms with Gasteiger partial charge in [-0.3, -0.25) is 9.78 Å². The summed E-state index contributed by atoms with van der Waals surface area (Å²) in [5, 5.41) is 15.5. The number of aliphatic hydroxyl groups is 1. The number of nitrogens with zero attached hydrogens (tertiary/aromatic N) is 2. The number of likely N-dealkylation sites (tertiary alicyclic amines) is 1. The summed E-state index contributed by atoms with van der Waals surface area (Å²) in [4.78, 5) is 19.0. The van der Waals surface area contributed by atoms with Crippen LogP contribution in [0.15, 0.2) is 30.3 Å².